The highest BCUT2D eigenvalue weighted by Crippen LogP contribution is 2.30. The smallest absolute Gasteiger partial charge is 0.394 e. The summed E-state index contributed by atoms with van der Waals surface area (Å²) in [4.78, 5) is 0. The van der Waals surface area contributed by atoms with Gasteiger partial charge in [0.25, 0.3) is 0 Å². The van der Waals surface area contributed by atoms with E-state index in [4.69, 9.17) is 14.4 Å². The van der Waals surface area contributed by atoms with Crippen molar-refractivity contribution in [1.29, 1.82) is 0 Å². The number of oxime groups is 1. The topological polar surface area (TPSA) is 166 Å². The lowest BCUT2D eigenvalue weighted by Gasteiger charge is -2.39. The van der Waals surface area contributed by atoms with Crippen molar-refractivity contribution in [2.24, 2.45) is 5.16 Å². The molecule has 12 heteroatoms. The number of aliphatic hydroxyl groups excluding tert-OH is 4. The number of ether oxygens (including phenoxy) is 1. The summed E-state index contributed by atoms with van der Waals surface area (Å²) in [5.41, 5.74) is -1.14. The number of allylic oxidation sites excluding steroid dienone is 1. The zero-order valence-electron chi connectivity index (χ0n) is 11.9. The Morgan fingerprint density at radius 2 is 1.96 bits per heavy atom. The summed E-state index contributed by atoms with van der Waals surface area (Å²) in [7, 11) is -4.79. The van der Waals surface area contributed by atoms with Gasteiger partial charge >= 0.3 is 10.4 Å². The Labute approximate surface area is 137 Å². The second-order valence-electron chi connectivity index (χ2n) is 4.63. The van der Waals surface area contributed by atoms with E-state index < -0.39 is 46.9 Å². The van der Waals surface area contributed by atoms with Gasteiger partial charge in [0.1, 0.15) is 34.9 Å². The minimum absolute atomic E-state index is 0.0341. The Kier molecular flexibility index (Phi) is 7.89. The van der Waals surface area contributed by atoms with Crippen molar-refractivity contribution in [3.05, 3.63) is 12.7 Å². The highest BCUT2D eigenvalue weighted by molar-refractivity contribution is 8.14. The molecule has 5 atom stereocenters. The third kappa shape index (κ3) is 6.35. The van der Waals surface area contributed by atoms with Gasteiger partial charge in [0.05, 0.1) is 6.61 Å². The zero-order chi connectivity index (χ0) is 17.6. The summed E-state index contributed by atoms with van der Waals surface area (Å²) in [6, 6.07) is 0. The van der Waals surface area contributed by atoms with Crippen LogP contribution in [0, 0.1) is 0 Å². The van der Waals surface area contributed by atoms with Gasteiger partial charge in [-0.1, -0.05) is 23.0 Å². The van der Waals surface area contributed by atoms with Crippen LogP contribution in [-0.4, -0.2) is 74.9 Å². The molecule has 0 saturated carbocycles. The van der Waals surface area contributed by atoms with Gasteiger partial charge < -0.3 is 25.2 Å². The van der Waals surface area contributed by atoms with Crippen molar-refractivity contribution < 1.29 is 42.4 Å². The van der Waals surface area contributed by atoms with Gasteiger partial charge in [-0.25, -0.2) is 4.28 Å². The molecule has 1 aliphatic rings. The van der Waals surface area contributed by atoms with Gasteiger partial charge in [-0.2, -0.15) is 8.42 Å². The number of nitrogens with zero attached hydrogens (tertiary/aromatic N) is 1. The second kappa shape index (κ2) is 8.94. The molecule has 1 aliphatic heterocycles. The van der Waals surface area contributed by atoms with Crippen molar-refractivity contribution in [2.75, 3.05) is 6.61 Å². The van der Waals surface area contributed by atoms with Gasteiger partial charge in [0, 0.05) is 6.42 Å². The van der Waals surface area contributed by atoms with E-state index in [0.29, 0.717) is 6.42 Å². The van der Waals surface area contributed by atoms with Crippen LogP contribution in [0.25, 0.3) is 0 Å². The summed E-state index contributed by atoms with van der Waals surface area (Å²) < 4.78 is 38.9. The van der Waals surface area contributed by atoms with E-state index in [0.717, 1.165) is 11.8 Å². The Hall–Kier alpha value is -0.730. The van der Waals surface area contributed by atoms with Crippen molar-refractivity contribution in [1.82, 2.24) is 0 Å². The van der Waals surface area contributed by atoms with Crippen LogP contribution in [0.15, 0.2) is 17.8 Å². The quantitative estimate of drug-likeness (QED) is 0.118. The number of aliphatic hydroxyl groups is 4. The fourth-order valence-corrected chi connectivity index (χ4v) is 3.05. The van der Waals surface area contributed by atoms with E-state index in [-0.39, 0.29) is 11.5 Å². The number of hydrogen-bond donors (Lipinski definition) is 5. The first-order valence-electron chi connectivity index (χ1n) is 6.50. The van der Waals surface area contributed by atoms with Gasteiger partial charge in [0.15, 0.2) is 0 Å². The molecule has 10 nitrogen and oxygen atoms in total. The largest absolute Gasteiger partial charge is 0.466 e. The molecule has 0 bridgehead atoms. The van der Waals surface area contributed by atoms with Crippen LogP contribution in [-0.2, 0) is 19.4 Å². The van der Waals surface area contributed by atoms with Crippen LogP contribution in [0.2, 0.25) is 0 Å². The van der Waals surface area contributed by atoms with Crippen molar-refractivity contribution in [3.8, 4) is 0 Å². The fourth-order valence-electron chi connectivity index (χ4n) is 1.74. The lowest BCUT2D eigenvalue weighted by molar-refractivity contribution is -0.205. The van der Waals surface area contributed by atoms with Crippen molar-refractivity contribution >= 4 is 27.2 Å². The standard InChI is InChI=1S/C11H19NO9S2/c1-2-3-4-7(12-21-23(17,18)19)22-11-10(16)9(15)8(14)6(5-13)20-11/h2,6,8-11,13-16H,1,3-5H2,(H,17,18,19)/b12-7+. The van der Waals surface area contributed by atoms with Gasteiger partial charge in [-0.05, 0) is 6.42 Å². The Morgan fingerprint density at radius 1 is 1.30 bits per heavy atom. The first-order chi connectivity index (χ1) is 10.7. The van der Waals surface area contributed by atoms with E-state index in [9.17, 15) is 23.7 Å². The van der Waals surface area contributed by atoms with E-state index >= 15 is 0 Å². The summed E-state index contributed by atoms with van der Waals surface area (Å²) in [6.07, 6.45) is -3.62. The maximum atomic E-state index is 10.6. The Balaban J connectivity index is 2.86. The average molecular weight is 373 g/mol. The molecule has 0 aromatic heterocycles. The maximum Gasteiger partial charge on any atom is 0.466 e. The van der Waals surface area contributed by atoms with E-state index in [1.165, 1.54) is 6.08 Å². The molecule has 0 amide bonds. The SMILES string of the molecule is C=CCC/C(=N\OS(=O)(=O)O)SC1OC(CO)C(O)C(O)C1O. The van der Waals surface area contributed by atoms with E-state index in [2.05, 4.69) is 16.0 Å². The second-order valence-corrected chi connectivity index (χ2v) is 6.81. The molecule has 5 unspecified atom stereocenters. The molecular formula is C11H19NO9S2. The first-order valence-corrected chi connectivity index (χ1v) is 8.75. The fraction of sp³-hybridized carbons (Fsp3) is 0.727. The molecule has 1 saturated heterocycles. The summed E-state index contributed by atoms with van der Waals surface area (Å²) in [5.74, 6) is 0. The van der Waals surface area contributed by atoms with Gasteiger partial charge in [-0.15, -0.1) is 6.58 Å². The predicted octanol–water partition coefficient (Wildman–Crippen LogP) is -1.38. The van der Waals surface area contributed by atoms with Crippen LogP contribution >= 0.6 is 11.8 Å². The highest BCUT2D eigenvalue weighted by atomic mass is 32.3. The molecule has 0 aromatic carbocycles. The van der Waals surface area contributed by atoms with Crippen LogP contribution < -0.4 is 0 Å². The number of hydrogen-bond acceptors (Lipinski definition) is 10. The molecule has 0 aromatic rings. The summed E-state index contributed by atoms with van der Waals surface area (Å²) in [5, 5.41) is 41.7. The summed E-state index contributed by atoms with van der Waals surface area (Å²) in [6.45, 7) is 2.90. The molecular weight excluding hydrogens is 354 g/mol. The number of thioether (sulfide) groups is 1. The van der Waals surface area contributed by atoms with Crippen LogP contribution in [0.3, 0.4) is 0 Å². The van der Waals surface area contributed by atoms with Gasteiger partial charge in [0.2, 0.25) is 0 Å². The Morgan fingerprint density at radius 3 is 2.48 bits per heavy atom. The monoisotopic (exact) mass is 373 g/mol. The molecule has 1 heterocycles. The van der Waals surface area contributed by atoms with Gasteiger partial charge in [-0.3, -0.25) is 4.55 Å². The molecule has 23 heavy (non-hydrogen) atoms. The molecule has 0 spiro atoms. The molecule has 134 valence electrons. The Bertz CT molecular complexity index is 522. The third-order valence-electron chi connectivity index (χ3n) is 2.90. The van der Waals surface area contributed by atoms with E-state index in [1.807, 2.05) is 0 Å². The lowest BCUT2D eigenvalue weighted by atomic mass is 10.0. The van der Waals surface area contributed by atoms with Crippen molar-refractivity contribution in [3.63, 3.8) is 0 Å². The zero-order valence-corrected chi connectivity index (χ0v) is 13.6. The third-order valence-corrected chi connectivity index (χ3v) is 4.33. The van der Waals surface area contributed by atoms with E-state index in [1.54, 1.807) is 0 Å². The minimum atomic E-state index is -4.79. The first kappa shape index (κ1) is 20.3. The van der Waals surface area contributed by atoms with Crippen LogP contribution in [0.5, 0.6) is 0 Å². The molecule has 1 fully saturated rings. The molecule has 0 radical (unpaired) electrons. The average Bonchev–Trinajstić information content (AvgIpc) is 2.49. The molecule has 1 rings (SSSR count). The van der Waals surface area contributed by atoms with Crippen molar-refractivity contribution in [2.45, 2.75) is 42.7 Å². The summed E-state index contributed by atoms with van der Waals surface area (Å²) >= 11 is 0.727. The van der Waals surface area contributed by atoms with Crippen LogP contribution in [0.4, 0.5) is 0 Å². The predicted molar refractivity (Wildman–Crippen MR) is 80.9 cm³/mol. The van der Waals surface area contributed by atoms with Crippen LogP contribution in [0.1, 0.15) is 12.8 Å². The normalized spacial score (nSPS) is 32.6. The maximum absolute atomic E-state index is 10.6. The lowest BCUT2D eigenvalue weighted by Crippen LogP contribution is -2.57. The number of rotatable bonds is 7. The highest BCUT2D eigenvalue weighted by Gasteiger charge is 2.44. The molecule has 5 N–H and O–H groups in total. The molecule has 0 aliphatic carbocycles. The minimum Gasteiger partial charge on any atom is -0.394 e.